The first-order chi connectivity index (χ1) is 8.36. The molecule has 1 unspecified atom stereocenters. The van der Waals surface area contributed by atoms with Gasteiger partial charge in [0, 0.05) is 16.5 Å². The Bertz CT molecular complexity index is 432. The van der Waals surface area contributed by atoms with Crippen LogP contribution in [0.15, 0.2) is 22.7 Å². The second-order valence-electron chi connectivity index (χ2n) is 4.20. The molecular formula is C13H16BrFO3. The molecule has 0 radical (unpaired) electrons. The van der Waals surface area contributed by atoms with Gasteiger partial charge in [-0.1, -0.05) is 22.0 Å². The number of halogens is 2. The summed E-state index contributed by atoms with van der Waals surface area (Å²) in [6, 6.07) is 4.44. The quantitative estimate of drug-likeness (QED) is 0.848. The minimum absolute atomic E-state index is 0.0519. The predicted molar refractivity (Wildman–Crippen MR) is 69.5 cm³/mol. The van der Waals surface area contributed by atoms with Crippen LogP contribution in [0.3, 0.4) is 0 Å². The minimum atomic E-state index is -1.39. The van der Waals surface area contributed by atoms with Crippen molar-refractivity contribution in [2.75, 3.05) is 6.61 Å². The summed E-state index contributed by atoms with van der Waals surface area (Å²) >= 11 is 3.15. The highest BCUT2D eigenvalue weighted by Crippen LogP contribution is 2.29. The van der Waals surface area contributed by atoms with Gasteiger partial charge in [-0.25, -0.2) is 4.39 Å². The zero-order chi connectivity index (χ0) is 13.8. The largest absolute Gasteiger partial charge is 0.466 e. The zero-order valence-corrected chi connectivity index (χ0v) is 12.0. The van der Waals surface area contributed by atoms with E-state index in [1.165, 1.54) is 19.1 Å². The van der Waals surface area contributed by atoms with Gasteiger partial charge in [-0.2, -0.15) is 0 Å². The van der Waals surface area contributed by atoms with Gasteiger partial charge in [-0.15, -0.1) is 0 Å². The number of rotatable bonds is 5. The number of ether oxygens (including phenoxy) is 1. The summed E-state index contributed by atoms with van der Waals surface area (Å²) in [5.41, 5.74) is -1.22. The second kappa shape index (κ2) is 6.29. The lowest BCUT2D eigenvalue weighted by Gasteiger charge is -2.24. The second-order valence-corrected chi connectivity index (χ2v) is 5.12. The van der Waals surface area contributed by atoms with Crippen molar-refractivity contribution in [1.82, 2.24) is 0 Å². The number of aliphatic hydroxyl groups is 1. The zero-order valence-electron chi connectivity index (χ0n) is 10.4. The first-order valence-electron chi connectivity index (χ1n) is 5.70. The normalized spacial score (nSPS) is 14.1. The molecule has 0 saturated heterocycles. The van der Waals surface area contributed by atoms with Crippen molar-refractivity contribution in [3.05, 3.63) is 34.1 Å². The van der Waals surface area contributed by atoms with Gasteiger partial charge in [0.05, 0.1) is 12.2 Å². The summed E-state index contributed by atoms with van der Waals surface area (Å²) in [5, 5.41) is 10.2. The van der Waals surface area contributed by atoms with Crippen LogP contribution in [0.25, 0.3) is 0 Å². The van der Waals surface area contributed by atoms with Gasteiger partial charge in [0.2, 0.25) is 0 Å². The summed E-state index contributed by atoms with van der Waals surface area (Å²) in [7, 11) is 0. The molecule has 0 fully saturated rings. The van der Waals surface area contributed by atoms with E-state index in [1.54, 1.807) is 13.0 Å². The first kappa shape index (κ1) is 15.1. The summed E-state index contributed by atoms with van der Waals surface area (Å²) in [6.07, 6.45) is 0.167. The molecule has 1 aromatic carbocycles. The Hall–Kier alpha value is -0.940. The van der Waals surface area contributed by atoms with Crippen molar-refractivity contribution < 1.29 is 19.0 Å². The van der Waals surface area contributed by atoms with E-state index in [-0.39, 0.29) is 18.4 Å². The van der Waals surface area contributed by atoms with E-state index in [2.05, 4.69) is 15.9 Å². The summed E-state index contributed by atoms with van der Waals surface area (Å²) in [5.74, 6) is -0.895. The lowest BCUT2D eigenvalue weighted by molar-refractivity contribution is -0.144. The molecule has 0 aliphatic carbocycles. The van der Waals surface area contributed by atoms with Crippen LogP contribution in [0.4, 0.5) is 4.39 Å². The van der Waals surface area contributed by atoms with E-state index < -0.39 is 17.4 Å². The van der Waals surface area contributed by atoms with Crippen LogP contribution in [0.5, 0.6) is 0 Å². The Kier molecular flexibility index (Phi) is 5.28. The van der Waals surface area contributed by atoms with E-state index in [0.29, 0.717) is 11.1 Å². The Labute approximate surface area is 114 Å². The fraction of sp³-hybridized carbons (Fsp3) is 0.462. The molecule has 1 N–H and O–H groups in total. The van der Waals surface area contributed by atoms with Gasteiger partial charge >= 0.3 is 5.97 Å². The summed E-state index contributed by atoms with van der Waals surface area (Å²) in [6.45, 7) is 3.50. The van der Waals surface area contributed by atoms with Gasteiger partial charge in [-0.05, 0) is 32.4 Å². The van der Waals surface area contributed by atoms with Gasteiger partial charge in [-0.3, -0.25) is 4.79 Å². The molecule has 100 valence electrons. The van der Waals surface area contributed by atoms with Crippen molar-refractivity contribution in [3.63, 3.8) is 0 Å². The number of carbonyl (C=O) groups is 1. The van der Waals surface area contributed by atoms with E-state index in [4.69, 9.17) is 4.74 Å². The maximum atomic E-state index is 13.7. The van der Waals surface area contributed by atoms with Gasteiger partial charge < -0.3 is 9.84 Å². The lowest BCUT2D eigenvalue weighted by atomic mass is 9.91. The maximum Gasteiger partial charge on any atom is 0.305 e. The number of esters is 1. The van der Waals surface area contributed by atoms with E-state index >= 15 is 0 Å². The molecule has 18 heavy (non-hydrogen) atoms. The van der Waals surface area contributed by atoms with Crippen LogP contribution in [0.2, 0.25) is 0 Å². The molecular weight excluding hydrogens is 303 g/mol. The first-order valence-corrected chi connectivity index (χ1v) is 6.49. The van der Waals surface area contributed by atoms with Crippen molar-refractivity contribution in [3.8, 4) is 0 Å². The summed E-state index contributed by atoms with van der Waals surface area (Å²) in [4.78, 5) is 11.2. The molecule has 1 rings (SSSR count). The van der Waals surface area contributed by atoms with Gasteiger partial charge in [0.25, 0.3) is 0 Å². The molecule has 5 heteroatoms. The molecule has 0 aliphatic heterocycles. The molecule has 0 bridgehead atoms. The van der Waals surface area contributed by atoms with E-state index in [9.17, 15) is 14.3 Å². The predicted octanol–water partition coefficient (Wildman–Crippen LogP) is 3.14. The highest BCUT2D eigenvalue weighted by atomic mass is 79.9. The highest BCUT2D eigenvalue weighted by Gasteiger charge is 2.27. The maximum absolute atomic E-state index is 13.7. The molecule has 0 amide bonds. The van der Waals surface area contributed by atoms with Crippen LogP contribution < -0.4 is 0 Å². The Morgan fingerprint density at radius 2 is 2.22 bits per heavy atom. The van der Waals surface area contributed by atoms with Crippen LogP contribution in [0.1, 0.15) is 32.3 Å². The molecule has 0 aromatic heterocycles. The number of hydrogen-bond donors (Lipinski definition) is 1. The van der Waals surface area contributed by atoms with Crippen LogP contribution in [-0.4, -0.2) is 17.7 Å². The lowest BCUT2D eigenvalue weighted by Crippen LogP contribution is -2.24. The third kappa shape index (κ3) is 4.07. The molecule has 3 nitrogen and oxygen atoms in total. The Morgan fingerprint density at radius 1 is 1.56 bits per heavy atom. The molecule has 0 aliphatic rings. The number of benzene rings is 1. The van der Waals surface area contributed by atoms with Crippen LogP contribution in [0, 0.1) is 5.82 Å². The number of hydrogen-bond acceptors (Lipinski definition) is 3. The topological polar surface area (TPSA) is 46.5 Å². The average molecular weight is 319 g/mol. The van der Waals surface area contributed by atoms with Gasteiger partial charge in [0.1, 0.15) is 5.82 Å². The highest BCUT2D eigenvalue weighted by molar-refractivity contribution is 9.10. The monoisotopic (exact) mass is 318 g/mol. The van der Waals surface area contributed by atoms with Gasteiger partial charge in [0.15, 0.2) is 0 Å². The number of carbonyl (C=O) groups excluding carboxylic acids is 1. The Balaban J connectivity index is 2.76. The van der Waals surface area contributed by atoms with E-state index in [1.807, 2.05) is 0 Å². The molecule has 0 saturated carbocycles. The fourth-order valence-corrected chi connectivity index (χ4v) is 1.97. The van der Waals surface area contributed by atoms with Crippen molar-refractivity contribution >= 4 is 21.9 Å². The summed E-state index contributed by atoms with van der Waals surface area (Å²) < 4.78 is 19.1. The molecule has 1 atom stereocenters. The van der Waals surface area contributed by atoms with Crippen molar-refractivity contribution in [2.45, 2.75) is 32.3 Å². The Morgan fingerprint density at radius 3 is 2.78 bits per heavy atom. The average Bonchev–Trinajstić information content (AvgIpc) is 2.26. The standard InChI is InChI=1S/C13H16BrFO3/c1-3-18-12(16)6-7-13(2,17)10-5-4-9(14)8-11(10)15/h4-5,8,17H,3,6-7H2,1-2H3. The van der Waals surface area contributed by atoms with Crippen LogP contribution in [-0.2, 0) is 15.1 Å². The smallest absolute Gasteiger partial charge is 0.305 e. The fourth-order valence-electron chi connectivity index (χ4n) is 1.64. The van der Waals surface area contributed by atoms with Crippen molar-refractivity contribution in [2.24, 2.45) is 0 Å². The third-order valence-corrected chi connectivity index (χ3v) is 3.13. The minimum Gasteiger partial charge on any atom is -0.466 e. The van der Waals surface area contributed by atoms with E-state index in [0.717, 1.165) is 0 Å². The SMILES string of the molecule is CCOC(=O)CCC(C)(O)c1ccc(Br)cc1F. The third-order valence-electron chi connectivity index (χ3n) is 2.63. The van der Waals surface area contributed by atoms with Crippen molar-refractivity contribution in [1.29, 1.82) is 0 Å². The van der Waals surface area contributed by atoms with Crippen LogP contribution >= 0.6 is 15.9 Å². The molecule has 0 heterocycles. The molecule has 1 aromatic rings. The molecule has 0 spiro atoms.